The van der Waals surface area contributed by atoms with Crippen LogP contribution in [0.4, 0.5) is 11.4 Å². The second-order valence-corrected chi connectivity index (χ2v) is 8.34. The summed E-state index contributed by atoms with van der Waals surface area (Å²) >= 11 is 5.89. The fourth-order valence-electron chi connectivity index (χ4n) is 4.00. The van der Waals surface area contributed by atoms with Gasteiger partial charge in [-0.3, -0.25) is 4.79 Å². The molecule has 0 aliphatic carbocycles. The second-order valence-electron chi connectivity index (χ2n) is 7.91. The monoisotopic (exact) mass is 460 g/mol. The number of rotatable bonds is 5. The molecule has 0 unspecified atom stereocenters. The standard InChI is InChI=1S/C26H25ClN4O2/c1-18-15-20(16-21(17-28)26(32)29-23-5-3-22(27)4-6-23)19(2)31(18)25-9-7-24(8-10-25)30-11-13-33-14-12-30/h3-10,15-16H,11-14H2,1-2H3,(H,29,32)/b21-16-. The Kier molecular flexibility index (Phi) is 6.83. The molecule has 0 atom stereocenters. The van der Waals surface area contributed by atoms with E-state index in [1.54, 1.807) is 30.3 Å². The number of amides is 1. The van der Waals surface area contributed by atoms with Crippen molar-refractivity contribution >= 4 is 35.0 Å². The van der Waals surface area contributed by atoms with Crippen LogP contribution in [0, 0.1) is 25.2 Å². The van der Waals surface area contributed by atoms with Gasteiger partial charge >= 0.3 is 0 Å². The summed E-state index contributed by atoms with van der Waals surface area (Å²) in [5.74, 6) is -0.459. The second kappa shape index (κ2) is 9.95. The fraction of sp³-hybridized carbons (Fsp3) is 0.231. The van der Waals surface area contributed by atoms with E-state index in [1.807, 2.05) is 26.0 Å². The Bertz CT molecular complexity index is 1210. The maximum absolute atomic E-state index is 12.6. The van der Waals surface area contributed by atoms with Crippen molar-refractivity contribution in [3.63, 3.8) is 0 Å². The molecule has 2 heterocycles. The van der Waals surface area contributed by atoms with Crippen molar-refractivity contribution in [2.45, 2.75) is 13.8 Å². The van der Waals surface area contributed by atoms with Gasteiger partial charge in [-0.15, -0.1) is 0 Å². The molecule has 168 valence electrons. The van der Waals surface area contributed by atoms with Gasteiger partial charge in [0.05, 0.1) is 13.2 Å². The molecule has 3 aromatic rings. The van der Waals surface area contributed by atoms with Gasteiger partial charge in [-0.25, -0.2) is 0 Å². The van der Waals surface area contributed by atoms with E-state index in [1.165, 1.54) is 5.69 Å². The summed E-state index contributed by atoms with van der Waals surface area (Å²) in [7, 11) is 0. The van der Waals surface area contributed by atoms with Crippen molar-refractivity contribution in [1.29, 1.82) is 5.26 Å². The molecule has 2 aromatic carbocycles. The van der Waals surface area contributed by atoms with Crippen LogP contribution in [0.2, 0.25) is 5.02 Å². The lowest BCUT2D eigenvalue weighted by Gasteiger charge is -2.29. The number of ether oxygens (including phenoxy) is 1. The lowest BCUT2D eigenvalue weighted by molar-refractivity contribution is -0.112. The number of hydrogen-bond donors (Lipinski definition) is 1. The number of aryl methyl sites for hydroxylation is 1. The van der Waals surface area contributed by atoms with Crippen LogP contribution in [0.25, 0.3) is 11.8 Å². The van der Waals surface area contributed by atoms with Crippen LogP contribution < -0.4 is 10.2 Å². The van der Waals surface area contributed by atoms with E-state index in [2.05, 4.69) is 39.0 Å². The van der Waals surface area contributed by atoms with E-state index in [9.17, 15) is 10.1 Å². The maximum atomic E-state index is 12.6. The average molecular weight is 461 g/mol. The zero-order valence-corrected chi connectivity index (χ0v) is 19.4. The van der Waals surface area contributed by atoms with Crippen LogP contribution in [0.5, 0.6) is 0 Å². The summed E-state index contributed by atoms with van der Waals surface area (Å²) in [6, 6.07) is 19.2. The van der Waals surface area contributed by atoms with E-state index in [4.69, 9.17) is 16.3 Å². The van der Waals surface area contributed by atoms with Gasteiger partial charge in [0.1, 0.15) is 11.6 Å². The SMILES string of the molecule is Cc1cc(/C=C(/C#N)C(=O)Nc2ccc(Cl)cc2)c(C)n1-c1ccc(N2CCOCC2)cc1. The predicted molar refractivity (Wildman–Crippen MR) is 132 cm³/mol. The van der Waals surface area contributed by atoms with Crippen LogP contribution in [0.3, 0.4) is 0 Å². The van der Waals surface area contributed by atoms with Gasteiger partial charge in [0.25, 0.3) is 5.91 Å². The van der Waals surface area contributed by atoms with Crippen molar-refractivity contribution in [2.75, 3.05) is 36.5 Å². The van der Waals surface area contributed by atoms with Crippen molar-refractivity contribution in [3.8, 4) is 11.8 Å². The highest BCUT2D eigenvalue weighted by Gasteiger charge is 2.15. The Balaban J connectivity index is 1.57. The first kappa shape index (κ1) is 22.7. The molecule has 33 heavy (non-hydrogen) atoms. The summed E-state index contributed by atoms with van der Waals surface area (Å²) in [5, 5.41) is 12.9. The molecule has 7 heteroatoms. The van der Waals surface area contributed by atoms with E-state index in [0.29, 0.717) is 10.7 Å². The third kappa shape index (κ3) is 5.11. The molecule has 1 aromatic heterocycles. The number of benzene rings is 2. The van der Waals surface area contributed by atoms with Crippen LogP contribution in [0.1, 0.15) is 17.0 Å². The zero-order chi connectivity index (χ0) is 23.4. The average Bonchev–Trinajstić information content (AvgIpc) is 3.12. The number of nitriles is 1. The van der Waals surface area contributed by atoms with Gasteiger partial charge in [0, 0.05) is 46.6 Å². The Morgan fingerprint density at radius 1 is 1.06 bits per heavy atom. The van der Waals surface area contributed by atoms with E-state index in [0.717, 1.165) is 48.9 Å². The first-order valence-electron chi connectivity index (χ1n) is 10.8. The smallest absolute Gasteiger partial charge is 0.266 e. The minimum Gasteiger partial charge on any atom is -0.378 e. The molecule has 1 aliphatic heterocycles. The number of nitrogens with one attached hydrogen (secondary N) is 1. The molecule has 4 rings (SSSR count). The lowest BCUT2D eigenvalue weighted by atomic mass is 10.1. The molecule has 1 aliphatic rings. The quantitative estimate of drug-likeness (QED) is 0.423. The first-order chi connectivity index (χ1) is 16.0. The Morgan fingerprint density at radius 3 is 2.33 bits per heavy atom. The topological polar surface area (TPSA) is 70.3 Å². The van der Waals surface area contributed by atoms with Crippen molar-refractivity contribution in [2.24, 2.45) is 0 Å². The van der Waals surface area contributed by atoms with Crippen LogP contribution >= 0.6 is 11.6 Å². The molecular weight excluding hydrogens is 436 g/mol. The number of halogens is 1. The molecule has 0 spiro atoms. The number of hydrogen-bond acceptors (Lipinski definition) is 4. The Hall–Kier alpha value is -3.53. The van der Waals surface area contributed by atoms with Gasteiger partial charge in [0.15, 0.2) is 0 Å². The third-order valence-corrected chi connectivity index (χ3v) is 5.97. The summed E-state index contributed by atoms with van der Waals surface area (Å²) in [5.41, 5.74) is 5.63. The van der Waals surface area contributed by atoms with Gasteiger partial charge < -0.3 is 19.5 Å². The molecule has 0 saturated carbocycles. The fourth-order valence-corrected chi connectivity index (χ4v) is 4.13. The number of aromatic nitrogens is 1. The van der Waals surface area contributed by atoms with Gasteiger partial charge in [0.2, 0.25) is 0 Å². The molecule has 0 bridgehead atoms. The maximum Gasteiger partial charge on any atom is 0.266 e. The molecular formula is C26H25ClN4O2. The van der Waals surface area contributed by atoms with Crippen LogP contribution in [-0.2, 0) is 9.53 Å². The summed E-state index contributed by atoms with van der Waals surface area (Å²) in [6.45, 7) is 7.29. The number of morpholine rings is 1. The lowest BCUT2D eigenvalue weighted by Crippen LogP contribution is -2.36. The van der Waals surface area contributed by atoms with Crippen LogP contribution in [0.15, 0.2) is 60.2 Å². The van der Waals surface area contributed by atoms with E-state index < -0.39 is 5.91 Å². The highest BCUT2D eigenvalue weighted by atomic mass is 35.5. The highest BCUT2D eigenvalue weighted by Crippen LogP contribution is 2.25. The van der Waals surface area contributed by atoms with Gasteiger partial charge in [-0.2, -0.15) is 5.26 Å². The molecule has 6 nitrogen and oxygen atoms in total. The number of carbonyl (C=O) groups excluding carboxylic acids is 1. The summed E-state index contributed by atoms with van der Waals surface area (Å²) in [4.78, 5) is 15.0. The molecule has 1 saturated heterocycles. The summed E-state index contributed by atoms with van der Waals surface area (Å²) < 4.78 is 7.56. The molecule has 1 N–H and O–H groups in total. The largest absolute Gasteiger partial charge is 0.378 e. The van der Waals surface area contributed by atoms with Gasteiger partial charge in [-0.1, -0.05) is 11.6 Å². The van der Waals surface area contributed by atoms with Crippen molar-refractivity contribution in [1.82, 2.24) is 4.57 Å². The normalized spacial score (nSPS) is 14.1. The molecule has 0 radical (unpaired) electrons. The Morgan fingerprint density at radius 2 is 1.70 bits per heavy atom. The first-order valence-corrected chi connectivity index (χ1v) is 11.1. The zero-order valence-electron chi connectivity index (χ0n) is 18.6. The van der Waals surface area contributed by atoms with Crippen molar-refractivity contribution in [3.05, 3.63) is 82.1 Å². The van der Waals surface area contributed by atoms with Crippen LogP contribution in [-0.4, -0.2) is 36.8 Å². The Labute approximate surface area is 198 Å². The molecule has 1 fully saturated rings. The minimum atomic E-state index is -0.459. The predicted octanol–water partition coefficient (Wildman–Crippen LogP) is 5.13. The highest BCUT2D eigenvalue weighted by molar-refractivity contribution is 6.30. The number of anilines is 2. The minimum absolute atomic E-state index is 0.0351. The van der Waals surface area contributed by atoms with E-state index >= 15 is 0 Å². The summed E-state index contributed by atoms with van der Waals surface area (Å²) in [6.07, 6.45) is 1.63. The third-order valence-electron chi connectivity index (χ3n) is 5.72. The number of carbonyl (C=O) groups is 1. The van der Waals surface area contributed by atoms with Gasteiger partial charge in [-0.05, 0) is 80.1 Å². The number of nitrogens with zero attached hydrogens (tertiary/aromatic N) is 3. The van der Waals surface area contributed by atoms with E-state index in [-0.39, 0.29) is 5.57 Å². The van der Waals surface area contributed by atoms with Crippen molar-refractivity contribution < 1.29 is 9.53 Å². The molecule has 1 amide bonds.